The van der Waals surface area contributed by atoms with Crippen molar-refractivity contribution in [3.63, 3.8) is 0 Å². The maximum atomic E-state index is 12.9. The maximum absolute atomic E-state index is 12.9. The van der Waals surface area contributed by atoms with E-state index < -0.39 is 18.1 Å². The molecule has 0 spiro atoms. The Kier molecular flexibility index (Phi) is 6.52. The zero-order valence-electron chi connectivity index (χ0n) is 18.7. The molecule has 3 heterocycles. The molecule has 3 fully saturated rings. The smallest absolute Gasteiger partial charge is 0.391 e. The van der Waals surface area contributed by atoms with Crippen LogP contribution in [-0.2, 0) is 11.3 Å². The molecule has 2 aromatic rings. The Morgan fingerprint density at radius 2 is 1.79 bits per heavy atom. The van der Waals surface area contributed by atoms with E-state index in [9.17, 15) is 23.1 Å². The van der Waals surface area contributed by atoms with Crippen molar-refractivity contribution in [1.82, 2.24) is 9.88 Å². The lowest BCUT2D eigenvalue weighted by atomic mass is 9.87. The minimum Gasteiger partial charge on any atom is -0.489 e. The topological polar surface area (TPSA) is 62.7 Å². The third-order valence-electron chi connectivity index (χ3n) is 7.87. The molecule has 2 saturated heterocycles. The second kappa shape index (κ2) is 9.30. The van der Waals surface area contributed by atoms with E-state index in [1.165, 1.54) is 0 Å². The van der Waals surface area contributed by atoms with E-state index in [0.29, 0.717) is 50.1 Å². The number of rotatable bonds is 5. The van der Waals surface area contributed by atoms with Crippen LogP contribution in [0.25, 0.3) is 10.8 Å². The Hall–Kier alpha value is -1.87. The molecule has 1 aliphatic carbocycles. The third kappa shape index (κ3) is 4.78. The molecule has 1 aromatic carbocycles. The normalized spacial score (nSPS) is 29.9. The number of aromatic nitrogens is 1. The van der Waals surface area contributed by atoms with Gasteiger partial charge in [-0.05, 0) is 84.8 Å². The Labute approximate surface area is 204 Å². The molecule has 184 valence electrons. The van der Waals surface area contributed by atoms with Crippen molar-refractivity contribution >= 4 is 32.7 Å². The molecule has 0 radical (unpaired) electrons. The average molecular weight is 541 g/mol. The molecular formula is C25H28BrF3N2O3. The average Bonchev–Trinajstić information content (AvgIpc) is 3.01. The van der Waals surface area contributed by atoms with Gasteiger partial charge in [-0.2, -0.15) is 13.2 Å². The molecule has 2 bridgehead atoms. The lowest BCUT2D eigenvalue weighted by molar-refractivity contribution is -0.185. The van der Waals surface area contributed by atoms with Crippen molar-refractivity contribution < 1.29 is 27.8 Å². The number of benzene rings is 1. The zero-order valence-corrected chi connectivity index (χ0v) is 20.3. The first-order valence-corrected chi connectivity index (χ1v) is 12.8. The molecule has 2 atom stereocenters. The van der Waals surface area contributed by atoms with Gasteiger partial charge >= 0.3 is 12.1 Å². The molecule has 34 heavy (non-hydrogen) atoms. The van der Waals surface area contributed by atoms with Gasteiger partial charge in [-0.1, -0.05) is 6.07 Å². The fraction of sp³-hybridized carbons (Fsp3) is 0.600. The highest BCUT2D eigenvalue weighted by atomic mass is 79.9. The van der Waals surface area contributed by atoms with Crippen LogP contribution < -0.4 is 4.74 Å². The first-order valence-electron chi connectivity index (χ1n) is 12.0. The predicted octanol–water partition coefficient (Wildman–Crippen LogP) is 6.32. The van der Waals surface area contributed by atoms with Gasteiger partial charge in [0.15, 0.2) is 0 Å². The van der Waals surface area contributed by atoms with Crippen molar-refractivity contribution in [2.75, 3.05) is 0 Å². The molecule has 1 saturated carbocycles. The van der Waals surface area contributed by atoms with Crippen LogP contribution >= 0.6 is 15.9 Å². The molecule has 1 aromatic heterocycles. The van der Waals surface area contributed by atoms with E-state index in [4.69, 9.17) is 4.74 Å². The van der Waals surface area contributed by atoms with Crippen LogP contribution in [0.2, 0.25) is 0 Å². The Bertz CT molecular complexity index is 1060. The highest BCUT2D eigenvalue weighted by Gasteiger charge is 2.43. The largest absolute Gasteiger partial charge is 0.489 e. The third-order valence-corrected chi connectivity index (χ3v) is 8.69. The van der Waals surface area contributed by atoms with E-state index in [0.717, 1.165) is 33.8 Å². The number of fused-ring (bicyclic) bond motifs is 3. The summed E-state index contributed by atoms with van der Waals surface area (Å²) in [6.45, 7) is 0.704. The molecular weight excluding hydrogens is 513 g/mol. The van der Waals surface area contributed by atoms with Crippen LogP contribution in [0.5, 0.6) is 5.75 Å². The standard InChI is InChI=1S/C25H28BrF3N2O3/c26-23-21-12-30-17(13-31-18-4-5-19(31)11-15(10-18)24(32)33)9-14(21)1-8-22(23)34-20-6-2-16(3-7-20)25(27,28)29/h1,8-9,12,15-16,18-20H,2-7,10-11,13H2,(H,32,33)/t15?,16-,18?,19?,20+. The Morgan fingerprint density at radius 1 is 1.12 bits per heavy atom. The first kappa shape index (κ1) is 23.9. The Balaban J connectivity index is 1.26. The van der Waals surface area contributed by atoms with Gasteiger partial charge in [-0.3, -0.25) is 14.7 Å². The van der Waals surface area contributed by atoms with E-state index >= 15 is 0 Å². The second-order valence-electron chi connectivity index (χ2n) is 9.97. The molecule has 3 aliphatic rings. The van der Waals surface area contributed by atoms with Gasteiger partial charge in [0, 0.05) is 30.2 Å². The number of halogens is 4. The van der Waals surface area contributed by atoms with Crippen molar-refractivity contribution in [2.45, 2.75) is 82.3 Å². The minimum absolute atomic E-state index is 0.107. The molecule has 5 rings (SSSR count). The van der Waals surface area contributed by atoms with Gasteiger partial charge in [-0.15, -0.1) is 0 Å². The number of nitrogens with zero attached hydrogens (tertiary/aromatic N) is 2. The van der Waals surface area contributed by atoms with Gasteiger partial charge in [0.05, 0.1) is 28.1 Å². The fourth-order valence-electron chi connectivity index (χ4n) is 6.00. The minimum atomic E-state index is -4.12. The van der Waals surface area contributed by atoms with E-state index in [-0.39, 0.29) is 24.9 Å². The monoisotopic (exact) mass is 540 g/mol. The van der Waals surface area contributed by atoms with Crippen LogP contribution in [0.4, 0.5) is 13.2 Å². The number of carboxylic acids is 1. The Morgan fingerprint density at radius 3 is 2.41 bits per heavy atom. The summed E-state index contributed by atoms with van der Waals surface area (Å²) in [5, 5.41) is 11.3. The lowest BCUT2D eigenvalue weighted by Crippen LogP contribution is -2.44. The molecule has 2 aliphatic heterocycles. The van der Waals surface area contributed by atoms with E-state index in [2.05, 4.69) is 31.9 Å². The number of ether oxygens (including phenoxy) is 1. The number of aliphatic carboxylic acids is 1. The molecule has 0 amide bonds. The van der Waals surface area contributed by atoms with Gasteiger partial charge in [0.2, 0.25) is 0 Å². The van der Waals surface area contributed by atoms with E-state index in [1.54, 1.807) is 0 Å². The fourth-order valence-corrected chi connectivity index (χ4v) is 6.55. The van der Waals surface area contributed by atoms with Crippen molar-refractivity contribution in [1.29, 1.82) is 0 Å². The molecule has 1 N–H and O–H groups in total. The number of carbonyl (C=O) groups is 1. The summed E-state index contributed by atoms with van der Waals surface area (Å²) in [5.74, 6) is -1.51. The van der Waals surface area contributed by atoms with Crippen LogP contribution in [0.1, 0.15) is 57.1 Å². The summed E-state index contributed by atoms with van der Waals surface area (Å²) < 4.78 is 45.6. The summed E-state index contributed by atoms with van der Waals surface area (Å²) >= 11 is 3.61. The molecule has 2 unspecified atom stereocenters. The lowest BCUT2D eigenvalue weighted by Gasteiger charge is -2.37. The van der Waals surface area contributed by atoms with Gasteiger partial charge in [-0.25, -0.2) is 0 Å². The van der Waals surface area contributed by atoms with Crippen molar-refractivity contribution in [2.24, 2.45) is 11.8 Å². The quantitative estimate of drug-likeness (QED) is 0.480. The number of carboxylic acid groups (broad SMARTS) is 1. The maximum Gasteiger partial charge on any atom is 0.391 e. The van der Waals surface area contributed by atoms with Crippen molar-refractivity contribution in [3.05, 3.63) is 34.6 Å². The predicted molar refractivity (Wildman–Crippen MR) is 125 cm³/mol. The van der Waals surface area contributed by atoms with Gasteiger partial charge < -0.3 is 9.84 Å². The number of piperidine rings is 1. The SMILES string of the molecule is O=C(O)C1CC2CCC(C1)N2Cc1cc2ccc(O[C@H]3CC[C@@H](C(F)(F)F)CC3)c(Br)c2cn1. The second-order valence-corrected chi connectivity index (χ2v) is 10.8. The number of alkyl halides is 3. The highest BCUT2D eigenvalue weighted by Crippen LogP contribution is 2.42. The summed E-state index contributed by atoms with van der Waals surface area (Å²) in [7, 11) is 0. The van der Waals surface area contributed by atoms with Crippen LogP contribution in [0, 0.1) is 11.8 Å². The van der Waals surface area contributed by atoms with E-state index in [1.807, 2.05) is 18.3 Å². The summed E-state index contributed by atoms with van der Waals surface area (Å²) in [6, 6.07) is 6.49. The number of hydrogen-bond donors (Lipinski definition) is 1. The van der Waals surface area contributed by atoms with Crippen LogP contribution in [0.3, 0.4) is 0 Å². The molecule has 9 heteroatoms. The molecule has 5 nitrogen and oxygen atoms in total. The van der Waals surface area contributed by atoms with Crippen LogP contribution in [-0.4, -0.2) is 45.3 Å². The van der Waals surface area contributed by atoms with Gasteiger partial charge in [0.25, 0.3) is 0 Å². The van der Waals surface area contributed by atoms with Crippen LogP contribution in [0.15, 0.2) is 28.9 Å². The number of hydrogen-bond acceptors (Lipinski definition) is 4. The summed E-state index contributed by atoms with van der Waals surface area (Å²) in [4.78, 5) is 18.5. The number of pyridine rings is 1. The summed E-state index contributed by atoms with van der Waals surface area (Å²) in [5.41, 5.74) is 0.948. The van der Waals surface area contributed by atoms with Gasteiger partial charge in [0.1, 0.15) is 5.75 Å². The zero-order chi connectivity index (χ0) is 24.0. The van der Waals surface area contributed by atoms with Crippen molar-refractivity contribution in [3.8, 4) is 5.75 Å². The highest BCUT2D eigenvalue weighted by molar-refractivity contribution is 9.10. The first-order chi connectivity index (χ1) is 16.2. The summed E-state index contributed by atoms with van der Waals surface area (Å²) in [6.07, 6.45) is 1.97.